The first-order chi connectivity index (χ1) is 14.0. The molecule has 1 atom stereocenters. The zero-order valence-electron chi connectivity index (χ0n) is 16.3. The average molecular weight is 396 g/mol. The molecule has 1 unspecified atom stereocenters. The molecule has 0 aliphatic carbocycles. The number of hydrogen-bond donors (Lipinski definition) is 2. The Bertz CT molecular complexity index is 894. The fourth-order valence-electron chi connectivity index (χ4n) is 3.57. The maximum absolute atomic E-state index is 12.7. The van der Waals surface area contributed by atoms with E-state index in [-0.39, 0.29) is 23.8 Å². The number of aromatic carboxylic acids is 1. The molecule has 1 aliphatic rings. The van der Waals surface area contributed by atoms with Crippen LogP contribution in [0.3, 0.4) is 0 Å². The number of likely N-dealkylation sites (tertiary alicyclic amines) is 1. The number of rotatable bonds is 7. The van der Waals surface area contributed by atoms with Crippen molar-refractivity contribution < 1.29 is 24.2 Å². The smallest absolute Gasteiger partial charge is 0.335 e. The number of ether oxygens (including phenoxy) is 1. The molecule has 152 valence electrons. The van der Waals surface area contributed by atoms with Gasteiger partial charge >= 0.3 is 5.97 Å². The summed E-state index contributed by atoms with van der Waals surface area (Å²) < 4.78 is 5.11. The highest BCUT2D eigenvalue weighted by Gasteiger charge is 2.33. The first-order valence-electron chi connectivity index (χ1n) is 9.55. The highest BCUT2D eigenvalue weighted by atomic mass is 16.5. The van der Waals surface area contributed by atoms with Gasteiger partial charge in [0.05, 0.1) is 12.7 Å². The van der Waals surface area contributed by atoms with Crippen molar-refractivity contribution in [2.24, 2.45) is 0 Å². The molecule has 1 heterocycles. The molecule has 2 aromatic carbocycles. The maximum Gasteiger partial charge on any atom is 0.335 e. The van der Waals surface area contributed by atoms with Gasteiger partial charge in [-0.2, -0.15) is 0 Å². The lowest BCUT2D eigenvalue weighted by Gasteiger charge is -2.24. The minimum Gasteiger partial charge on any atom is -0.497 e. The van der Waals surface area contributed by atoms with Crippen LogP contribution in [0.25, 0.3) is 0 Å². The van der Waals surface area contributed by atoms with Crippen LogP contribution in [0.2, 0.25) is 0 Å². The van der Waals surface area contributed by atoms with E-state index in [0.717, 1.165) is 6.42 Å². The molecule has 2 aromatic rings. The van der Waals surface area contributed by atoms with Crippen LogP contribution in [-0.4, -0.2) is 47.5 Å². The highest BCUT2D eigenvalue weighted by molar-refractivity contribution is 5.97. The molecule has 0 radical (unpaired) electrons. The first-order valence-corrected chi connectivity index (χ1v) is 9.55. The third-order valence-corrected chi connectivity index (χ3v) is 5.09. The van der Waals surface area contributed by atoms with E-state index in [1.165, 1.54) is 6.07 Å². The first kappa shape index (κ1) is 20.4. The third-order valence-electron chi connectivity index (χ3n) is 5.09. The van der Waals surface area contributed by atoms with E-state index < -0.39 is 12.0 Å². The van der Waals surface area contributed by atoms with Gasteiger partial charge in [0, 0.05) is 18.7 Å². The number of aryl methyl sites for hydroxylation is 1. The minimum atomic E-state index is -1.01. The average Bonchev–Trinajstić information content (AvgIpc) is 3.23. The summed E-state index contributed by atoms with van der Waals surface area (Å²) in [6.07, 6.45) is 1.86. The highest BCUT2D eigenvalue weighted by Crippen LogP contribution is 2.22. The number of methoxy groups -OCH3 is 1. The number of carbonyl (C=O) groups excluding carboxylic acids is 2. The Morgan fingerprint density at radius 3 is 2.55 bits per heavy atom. The molecule has 0 saturated carbocycles. The van der Waals surface area contributed by atoms with Crippen LogP contribution in [0, 0.1) is 0 Å². The topological polar surface area (TPSA) is 95.9 Å². The molecule has 7 nitrogen and oxygen atoms in total. The second-order valence-corrected chi connectivity index (χ2v) is 6.93. The van der Waals surface area contributed by atoms with Gasteiger partial charge in [-0.25, -0.2) is 4.79 Å². The summed E-state index contributed by atoms with van der Waals surface area (Å²) in [4.78, 5) is 38.3. The van der Waals surface area contributed by atoms with Crippen molar-refractivity contribution in [3.8, 4) is 5.75 Å². The number of amides is 2. The monoisotopic (exact) mass is 396 g/mol. The summed E-state index contributed by atoms with van der Waals surface area (Å²) in [6, 6.07) is 13.2. The molecule has 1 fully saturated rings. The second-order valence-electron chi connectivity index (χ2n) is 6.93. The summed E-state index contributed by atoms with van der Waals surface area (Å²) in [5.41, 5.74) is 1.47. The Morgan fingerprint density at radius 2 is 1.86 bits per heavy atom. The van der Waals surface area contributed by atoms with Crippen molar-refractivity contribution in [2.45, 2.75) is 31.7 Å². The molecule has 0 bridgehead atoms. The molecule has 7 heteroatoms. The Balaban J connectivity index is 1.61. The molecule has 1 saturated heterocycles. The molecule has 29 heavy (non-hydrogen) atoms. The van der Waals surface area contributed by atoms with Gasteiger partial charge in [-0.15, -0.1) is 0 Å². The lowest BCUT2D eigenvalue weighted by Crippen LogP contribution is -2.43. The Morgan fingerprint density at radius 1 is 1.14 bits per heavy atom. The third kappa shape index (κ3) is 4.93. The number of benzene rings is 2. The Kier molecular flexibility index (Phi) is 6.49. The van der Waals surface area contributed by atoms with Crippen LogP contribution in [0.4, 0.5) is 5.69 Å². The predicted octanol–water partition coefficient (Wildman–Crippen LogP) is 2.96. The fourth-order valence-corrected chi connectivity index (χ4v) is 3.57. The van der Waals surface area contributed by atoms with Gasteiger partial charge < -0.3 is 20.1 Å². The zero-order valence-corrected chi connectivity index (χ0v) is 16.3. The van der Waals surface area contributed by atoms with E-state index in [4.69, 9.17) is 4.74 Å². The van der Waals surface area contributed by atoms with Crippen molar-refractivity contribution in [1.29, 1.82) is 0 Å². The van der Waals surface area contributed by atoms with Gasteiger partial charge in [-0.3, -0.25) is 9.59 Å². The van der Waals surface area contributed by atoms with Crippen LogP contribution < -0.4 is 10.1 Å². The van der Waals surface area contributed by atoms with Crippen molar-refractivity contribution in [1.82, 2.24) is 4.90 Å². The van der Waals surface area contributed by atoms with E-state index in [9.17, 15) is 19.5 Å². The van der Waals surface area contributed by atoms with Crippen LogP contribution >= 0.6 is 0 Å². The van der Waals surface area contributed by atoms with Gasteiger partial charge in [-0.1, -0.05) is 18.2 Å². The number of nitrogens with zero attached hydrogens (tertiary/aromatic N) is 1. The van der Waals surface area contributed by atoms with E-state index in [1.807, 2.05) is 0 Å². The van der Waals surface area contributed by atoms with Crippen LogP contribution in [0.5, 0.6) is 5.75 Å². The molecule has 2 amide bonds. The number of carbonyl (C=O) groups is 3. The number of carboxylic acid groups (broad SMARTS) is 1. The lowest BCUT2D eigenvalue weighted by molar-refractivity contribution is -0.136. The quantitative estimate of drug-likeness (QED) is 0.750. The van der Waals surface area contributed by atoms with E-state index in [1.54, 1.807) is 54.5 Å². The molecular weight excluding hydrogens is 372 g/mol. The number of hydrogen-bond acceptors (Lipinski definition) is 4. The Hall–Kier alpha value is -3.35. The van der Waals surface area contributed by atoms with Crippen LogP contribution in [0.1, 0.15) is 35.2 Å². The molecule has 2 N–H and O–H groups in total. The van der Waals surface area contributed by atoms with Crippen molar-refractivity contribution in [2.75, 3.05) is 19.0 Å². The van der Waals surface area contributed by atoms with Gasteiger partial charge in [0.25, 0.3) is 0 Å². The molecular formula is C22H24N2O5. The van der Waals surface area contributed by atoms with Gasteiger partial charge in [0.15, 0.2) is 0 Å². The summed E-state index contributed by atoms with van der Waals surface area (Å²) in [6.45, 7) is 0.528. The largest absolute Gasteiger partial charge is 0.497 e. The molecule has 1 aliphatic heterocycles. The second kappa shape index (κ2) is 9.23. The lowest BCUT2D eigenvalue weighted by atomic mass is 10.0. The van der Waals surface area contributed by atoms with E-state index in [2.05, 4.69) is 5.32 Å². The number of anilines is 1. The standard InChI is InChI=1S/C22H24N2O5/c1-29-17-11-9-16(10-12-17)23-21(26)19-7-4-14-24(19)20(25)13-8-15-5-2-3-6-18(15)22(27)28/h2-3,5-6,9-12,19H,4,7-8,13-14H2,1H3,(H,23,26)(H,27,28). The van der Waals surface area contributed by atoms with Crippen molar-refractivity contribution in [3.63, 3.8) is 0 Å². The van der Waals surface area contributed by atoms with Gasteiger partial charge in [0.1, 0.15) is 11.8 Å². The zero-order chi connectivity index (χ0) is 20.8. The summed E-state index contributed by atoms with van der Waals surface area (Å²) >= 11 is 0. The maximum atomic E-state index is 12.7. The van der Waals surface area contributed by atoms with E-state index in [0.29, 0.717) is 36.4 Å². The number of nitrogens with one attached hydrogen (secondary N) is 1. The predicted molar refractivity (Wildman–Crippen MR) is 108 cm³/mol. The SMILES string of the molecule is COc1ccc(NC(=O)C2CCCN2C(=O)CCc2ccccc2C(=O)O)cc1. The van der Waals surface area contributed by atoms with Gasteiger partial charge in [-0.05, 0) is 55.2 Å². The fraction of sp³-hybridized carbons (Fsp3) is 0.318. The summed E-state index contributed by atoms with van der Waals surface area (Å²) in [5, 5.41) is 12.1. The van der Waals surface area contributed by atoms with Crippen molar-refractivity contribution >= 4 is 23.5 Å². The molecule has 0 spiro atoms. The van der Waals surface area contributed by atoms with Gasteiger partial charge in [0.2, 0.25) is 11.8 Å². The minimum absolute atomic E-state index is 0.141. The molecule has 3 rings (SSSR count). The summed E-state index contributed by atoms with van der Waals surface area (Å²) in [7, 11) is 1.57. The van der Waals surface area contributed by atoms with Crippen LogP contribution in [-0.2, 0) is 16.0 Å². The summed E-state index contributed by atoms with van der Waals surface area (Å²) in [5.74, 6) is -0.669. The number of carboxylic acids is 1. The Labute approximate surface area is 169 Å². The normalized spacial score (nSPS) is 15.8. The molecule has 0 aromatic heterocycles. The van der Waals surface area contributed by atoms with Crippen molar-refractivity contribution in [3.05, 3.63) is 59.7 Å². The van der Waals surface area contributed by atoms with Crippen LogP contribution in [0.15, 0.2) is 48.5 Å². The van der Waals surface area contributed by atoms with E-state index >= 15 is 0 Å².